The zero-order valence-corrected chi connectivity index (χ0v) is 16.6. The number of fused-ring (bicyclic) bond motifs is 1. The number of hydroxylamine groups is 2. The summed E-state index contributed by atoms with van der Waals surface area (Å²) >= 11 is 0. The molecule has 0 fully saturated rings. The highest BCUT2D eigenvalue weighted by Gasteiger charge is 2.39. The summed E-state index contributed by atoms with van der Waals surface area (Å²) in [5, 5.41) is 0.580. The summed E-state index contributed by atoms with van der Waals surface area (Å²) in [7, 11) is 0. The first-order valence-corrected chi connectivity index (χ1v) is 9.85. The average Bonchev–Trinajstić information content (AvgIpc) is 3.01. The quantitative estimate of drug-likeness (QED) is 0.574. The number of amides is 2. The van der Waals surface area contributed by atoms with Gasteiger partial charge in [0.05, 0.1) is 17.0 Å². The molecule has 0 aromatic heterocycles. The summed E-state index contributed by atoms with van der Waals surface area (Å²) < 4.78 is 0. The number of nitrogens with zero attached hydrogens (tertiary/aromatic N) is 1. The van der Waals surface area contributed by atoms with E-state index in [9.17, 15) is 14.4 Å². The van der Waals surface area contributed by atoms with E-state index in [1.165, 1.54) is 0 Å². The molecule has 1 heterocycles. The van der Waals surface area contributed by atoms with Gasteiger partial charge < -0.3 is 4.84 Å². The van der Waals surface area contributed by atoms with E-state index in [0.717, 1.165) is 16.7 Å². The number of hydrogen-bond acceptors (Lipinski definition) is 4. The van der Waals surface area contributed by atoms with E-state index in [4.69, 9.17) is 4.84 Å². The second-order valence-electron chi connectivity index (χ2n) is 7.29. The van der Waals surface area contributed by atoms with Crippen molar-refractivity contribution >= 4 is 17.8 Å². The lowest BCUT2D eigenvalue weighted by Gasteiger charge is -2.20. The Hall–Kier alpha value is -3.73. The van der Waals surface area contributed by atoms with Crippen LogP contribution in [0, 0.1) is 6.92 Å². The summed E-state index contributed by atoms with van der Waals surface area (Å²) in [5.74, 6) is -2.45. The van der Waals surface area contributed by atoms with Crippen LogP contribution in [0.2, 0.25) is 0 Å². The number of hydrogen-bond donors (Lipinski definition) is 0. The van der Waals surface area contributed by atoms with Crippen LogP contribution in [0.25, 0.3) is 0 Å². The molecule has 0 aliphatic carbocycles. The molecule has 0 bridgehead atoms. The molecular weight excluding hydrogens is 378 g/mol. The average molecular weight is 399 g/mol. The molecule has 4 rings (SSSR count). The molecule has 5 nitrogen and oxygen atoms in total. The topological polar surface area (TPSA) is 63.7 Å². The highest BCUT2D eigenvalue weighted by molar-refractivity contribution is 6.20. The van der Waals surface area contributed by atoms with Crippen LogP contribution in [0.3, 0.4) is 0 Å². The van der Waals surface area contributed by atoms with Crippen molar-refractivity contribution in [2.75, 3.05) is 0 Å². The van der Waals surface area contributed by atoms with Crippen molar-refractivity contribution in [2.24, 2.45) is 0 Å². The van der Waals surface area contributed by atoms with E-state index < -0.39 is 23.7 Å². The van der Waals surface area contributed by atoms with Gasteiger partial charge in [-0.05, 0) is 48.6 Å². The molecule has 30 heavy (non-hydrogen) atoms. The Balaban J connectivity index is 1.55. The molecular formula is C25H21NO4. The van der Waals surface area contributed by atoms with E-state index in [0.29, 0.717) is 17.9 Å². The monoisotopic (exact) mass is 399 g/mol. The van der Waals surface area contributed by atoms with Gasteiger partial charge in [-0.15, -0.1) is 0 Å². The molecule has 1 aliphatic heterocycles. The minimum Gasteiger partial charge on any atom is -0.329 e. The number of benzene rings is 3. The summed E-state index contributed by atoms with van der Waals surface area (Å²) in [6.07, 6.45) is 1.17. The predicted octanol–water partition coefficient (Wildman–Crippen LogP) is 4.47. The molecule has 0 saturated carbocycles. The van der Waals surface area contributed by atoms with Crippen molar-refractivity contribution in [3.05, 3.63) is 107 Å². The van der Waals surface area contributed by atoms with Crippen molar-refractivity contribution in [1.82, 2.24) is 5.06 Å². The number of carbonyl (C=O) groups is 3. The van der Waals surface area contributed by atoms with Gasteiger partial charge in [-0.2, -0.15) is 0 Å². The summed E-state index contributed by atoms with van der Waals surface area (Å²) in [4.78, 5) is 43.5. The lowest BCUT2D eigenvalue weighted by Crippen LogP contribution is -2.34. The Labute approximate surface area is 174 Å². The second-order valence-corrected chi connectivity index (χ2v) is 7.29. The molecule has 2 amide bonds. The Kier molecular flexibility index (Phi) is 5.44. The lowest BCUT2D eigenvalue weighted by molar-refractivity contribution is -0.170. The standard InChI is InChI=1S/C25H21NO4/c1-17-9-5-6-10-18(17)15-16-20(19-11-3-2-4-12-19)25(29)30-26-23(27)21-13-7-8-14-22(21)24(26)28/h2-14,20H,15-16H2,1H3. The van der Waals surface area contributed by atoms with Crippen LogP contribution < -0.4 is 0 Å². The Bertz CT molecular complexity index is 1070. The maximum Gasteiger partial charge on any atom is 0.340 e. The molecule has 0 saturated heterocycles. The van der Waals surface area contributed by atoms with Crippen LogP contribution in [-0.4, -0.2) is 22.8 Å². The highest BCUT2D eigenvalue weighted by Crippen LogP contribution is 2.28. The van der Waals surface area contributed by atoms with Gasteiger partial charge in [0.1, 0.15) is 0 Å². The Morgan fingerprint density at radius 2 is 1.40 bits per heavy atom. The molecule has 5 heteroatoms. The minimum absolute atomic E-state index is 0.242. The lowest BCUT2D eigenvalue weighted by atomic mass is 9.91. The van der Waals surface area contributed by atoms with Crippen molar-refractivity contribution in [3.8, 4) is 0 Å². The SMILES string of the molecule is Cc1ccccc1CCC(C(=O)ON1C(=O)c2ccccc2C1=O)c1ccccc1. The van der Waals surface area contributed by atoms with Gasteiger partial charge in [0.25, 0.3) is 11.8 Å². The van der Waals surface area contributed by atoms with Gasteiger partial charge in [-0.1, -0.05) is 71.8 Å². The maximum atomic E-state index is 13.1. The van der Waals surface area contributed by atoms with E-state index in [2.05, 4.69) is 0 Å². The van der Waals surface area contributed by atoms with Crippen LogP contribution in [0.15, 0.2) is 78.9 Å². The highest BCUT2D eigenvalue weighted by atomic mass is 16.7. The van der Waals surface area contributed by atoms with Crippen LogP contribution in [0.1, 0.15) is 49.7 Å². The van der Waals surface area contributed by atoms with E-state index in [-0.39, 0.29) is 11.1 Å². The van der Waals surface area contributed by atoms with Crippen LogP contribution in [0.5, 0.6) is 0 Å². The maximum absolute atomic E-state index is 13.1. The second kappa shape index (κ2) is 8.33. The zero-order valence-electron chi connectivity index (χ0n) is 16.6. The number of aryl methyl sites for hydroxylation is 2. The molecule has 3 aromatic rings. The molecule has 1 unspecified atom stereocenters. The fraction of sp³-hybridized carbons (Fsp3) is 0.160. The van der Waals surface area contributed by atoms with Gasteiger partial charge in [0.15, 0.2) is 0 Å². The van der Waals surface area contributed by atoms with Crippen molar-refractivity contribution < 1.29 is 19.2 Å². The largest absolute Gasteiger partial charge is 0.340 e. The fourth-order valence-corrected chi connectivity index (χ4v) is 3.70. The normalized spacial score (nSPS) is 13.8. The molecule has 1 atom stereocenters. The molecule has 0 radical (unpaired) electrons. The predicted molar refractivity (Wildman–Crippen MR) is 112 cm³/mol. The van der Waals surface area contributed by atoms with Gasteiger partial charge in [-0.3, -0.25) is 9.59 Å². The number of rotatable bonds is 6. The van der Waals surface area contributed by atoms with E-state index >= 15 is 0 Å². The molecule has 0 spiro atoms. The molecule has 0 N–H and O–H groups in total. The van der Waals surface area contributed by atoms with Gasteiger partial charge in [0, 0.05) is 0 Å². The van der Waals surface area contributed by atoms with Crippen molar-refractivity contribution in [1.29, 1.82) is 0 Å². The van der Waals surface area contributed by atoms with Gasteiger partial charge in [-0.25, -0.2) is 4.79 Å². The van der Waals surface area contributed by atoms with Crippen LogP contribution in [-0.2, 0) is 16.1 Å². The van der Waals surface area contributed by atoms with Crippen LogP contribution in [0.4, 0.5) is 0 Å². The summed E-state index contributed by atoms with van der Waals surface area (Å²) in [6, 6.07) is 23.7. The molecule has 1 aliphatic rings. The first-order chi connectivity index (χ1) is 14.6. The zero-order chi connectivity index (χ0) is 21.1. The van der Waals surface area contributed by atoms with Crippen molar-refractivity contribution in [2.45, 2.75) is 25.7 Å². The third-order valence-electron chi connectivity index (χ3n) is 5.39. The number of carbonyl (C=O) groups excluding carboxylic acids is 3. The molecule has 150 valence electrons. The Morgan fingerprint density at radius 1 is 0.833 bits per heavy atom. The first kappa shape index (κ1) is 19.6. The van der Waals surface area contributed by atoms with Gasteiger partial charge >= 0.3 is 5.97 Å². The van der Waals surface area contributed by atoms with Gasteiger partial charge in [0.2, 0.25) is 0 Å². The third-order valence-corrected chi connectivity index (χ3v) is 5.39. The number of imide groups is 1. The Morgan fingerprint density at radius 3 is 2.03 bits per heavy atom. The smallest absolute Gasteiger partial charge is 0.329 e. The minimum atomic E-state index is -0.621. The van der Waals surface area contributed by atoms with Crippen LogP contribution >= 0.6 is 0 Å². The van der Waals surface area contributed by atoms with Crippen molar-refractivity contribution in [3.63, 3.8) is 0 Å². The first-order valence-electron chi connectivity index (χ1n) is 9.85. The van der Waals surface area contributed by atoms with E-state index in [1.54, 1.807) is 24.3 Å². The fourth-order valence-electron chi connectivity index (χ4n) is 3.70. The molecule has 3 aromatic carbocycles. The summed E-state index contributed by atoms with van der Waals surface area (Å²) in [5.41, 5.74) is 3.57. The van der Waals surface area contributed by atoms with E-state index in [1.807, 2.05) is 61.5 Å². The third kappa shape index (κ3) is 3.74. The summed E-state index contributed by atoms with van der Waals surface area (Å²) in [6.45, 7) is 2.03.